The molecule has 0 fully saturated rings. The van der Waals surface area contributed by atoms with Crippen molar-refractivity contribution in [3.8, 4) is 0 Å². The first-order valence-corrected chi connectivity index (χ1v) is 5.17. The Kier molecular flexibility index (Phi) is 6.21. The van der Waals surface area contributed by atoms with Gasteiger partial charge in [-0.25, -0.2) is 4.79 Å². The second-order valence-corrected chi connectivity index (χ2v) is 3.27. The summed E-state index contributed by atoms with van der Waals surface area (Å²) >= 11 is 0. The molecule has 0 bridgehead atoms. The Hall–Kier alpha value is -0.830. The fraction of sp³-hybridized carbons (Fsp3) is 0.727. The largest absolute Gasteiger partial charge is 0.443 e. The molecule has 0 aliphatic carbocycles. The van der Waals surface area contributed by atoms with Crippen LogP contribution in [0.15, 0.2) is 12.2 Å². The zero-order valence-electron chi connectivity index (χ0n) is 9.67. The highest BCUT2D eigenvalue weighted by atomic mass is 16.6. The predicted molar refractivity (Wildman–Crippen MR) is 57.9 cm³/mol. The van der Waals surface area contributed by atoms with E-state index in [2.05, 4.69) is 25.3 Å². The zero-order valence-corrected chi connectivity index (χ0v) is 9.67. The molecule has 0 N–H and O–H groups in total. The van der Waals surface area contributed by atoms with Gasteiger partial charge in [0.25, 0.3) is 0 Å². The van der Waals surface area contributed by atoms with Crippen molar-refractivity contribution in [2.75, 3.05) is 13.1 Å². The quantitative estimate of drug-likeness (QED) is 0.373. The summed E-state index contributed by atoms with van der Waals surface area (Å²) in [4.78, 5) is 13.4. The first-order valence-electron chi connectivity index (χ1n) is 5.17. The molecule has 0 heterocycles. The van der Waals surface area contributed by atoms with Gasteiger partial charge >= 0.3 is 5.97 Å². The molecule has 0 spiro atoms. The number of carbonyl (C=O) groups excluding carboxylic acids is 1. The van der Waals surface area contributed by atoms with E-state index in [9.17, 15) is 4.79 Å². The third kappa shape index (κ3) is 3.92. The number of hydrogen-bond donors (Lipinski definition) is 0. The average Bonchev–Trinajstić information content (AvgIpc) is 2.17. The van der Waals surface area contributed by atoms with Crippen LogP contribution in [0.25, 0.3) is 0 Å². The third-order valence-corrected chi connectivity index (χ3v) is 2.16. The molecule has 0 aliphatic heterocycles. The van der Waals surface area contributed by atoms with Gasteiger partial charge in [-0.15, -0.1) is 0 Å². The van der Waals surface area contributed by atoms with Gasteiger partial charge in [0, 0.05) is 5.57 Å². The molecule has 0 aromatic rings. The van der Waals surface area contributed by atoms with E-state index < -0.39 is 0 Å². The second-order valence-electron chi connectivity index (χ2n) is 3.27. The van der Waals surface area contributed by atoms with Crippen LogP contribution in [0, 0.1) is 0 Å². The summed E-state index contributed by atoms with van der Waals surface area (Å²) in [6, 6.07) is 0. The Labute approximate surface area is 86.7 Å². The SMILES string of the molecule is C=C(C)C(=O)OC(CC)N(CC)CC. The van der Waals surface area contributed by atoms with E-state index in [4.69, 9.17) is 4.74 Å². The van der Waals surface area contributed by atoms with Crippen molar-refractivity contribution in [2.45, 2.75) is 40.3 Å². The van der Waals surface area contributed by atoms with Crippen molar-refractivity contribution >= 4 is 5.97 Å². The van der Waals surface area contributed by atoms with Crippen molar-refractivity contribution < 1.29 is 9.53 Å². The van der Waals surface area contributed by atoms with Crippen LogP contribution >= 0.6 is 0 Å². The normalized spacial score (nSPS) is 12.6. The molecule has 1 unspecified atom stereocenters. The molecule has 0 radical (unpaired) electrons. The maximum Gasteiger partial charge on any atom is 0.334 e. The van der Waals surface area contributed by atoms with E-state index in [1.165, 1.54) is 0 Å². The number of nitrogens with zero attached hydrogens (tertiary/aromatic N) is 1. The molecule has 82 valence electrons. The van der Waals surface area contributed by atoms with E-state index in [1.54, 1.807) is 6.92 Å². The van der Waals surface area contributed by atoms with Crippen LogP contribution in [0.1, 0.15) is 34.1 Å². The lowest BCUT2D eigenvalue weighted by Gasteiger charge is -2.28. The lowest BCUT2D eigenvalue weighted by molar-refractivity contribution is -0.154. The Morgan fingerprint density at radius 3 is 2.14 bits per heavy atom. The molecule has 3 heteroatoms. The molecule has 1 atom stereocenters. The van der Waals surface area contributed by atoms with Gasteiger partial charge in [-0.2, -0.15) is 0 Å². The second kappa shape index (κ2) is 6.60. The number of carbonyl (C=O) groups is 1. The first kappa shape index (κ1) is 13.2. The molecule has 14 heavy (non-hydrogen) atoms. The van der Waals surface area contributed by atoms with Crippen LogP contribution in [-0.4, -0.2) is 30.2 Å². The Balaban J connectivity index is 4.27. The minimum Gasteiger partial charge on any atom is -0.443 e. The van der Waals surface area contributed by atoms with Gasteiger partial charge < -0.3 is 4.74 Å². The molecule has 0 aliphatic rings. The Morgan fingerprint density at radius 2 is 1.86 bits per heavy atom. The lowest BCUT2D eigenvalue weighted by atomic mass is 10.3. The molecular weight excluding hydrogens is 178 g/mol. The highest BCUT2D eigenvalue weighted by Crippen LogP contribution is 2.07. The summed E-state index contributed by atoms with van der Waals surface area (Å²) in [7, 11) is 0. The zero-order chi connectivity index (χ0) is 11.1. The monoisotopic (exact) mass is 199 g/mol. The minimum atomic E-state index is -0.302. The standard InChI is InChI=1S/C11H21NO2/c1-6-10(12(7-2)8-3)14-11(13)9(4)5/h10H,4,6-8H2,1-3,5H3. The number of ether oxygens (including phenoxy) is 1. The van der Waals surface area contributed by atoms with Crippen LogP contribution < -0.4 is 0 Å². The summed E-state index contributed by atoms with van der Waals surface area (Å²) in [6.45, 7) is 13.1. The average molecular weight is 199 g/mol. The fourth-order valence-corrected chi connectivity index (χ4v) is 1.27. The van der Waals surface area contributed by atoms with Gasteiger partial charge in [0.05, 0.1) is 0 Å². The Morgan fingerprint density at radius 1 is 1.36 bits per heavy atom. The summed E-state index contributed by atoms with van der Waals surface area (Å²) in [6.07, 6.45) is 0.690. The van der Waals surface area contributed by atoms with Gasteiger partial charge in [0.15, 0.2) is 6.23 Å². The maximum absolute atomic E-state index is 11.3. The van der Waals surface area contributed by atoms with Crippen molar-refractivity contribution in [3.05, 3.63) is 12.2 Å². The molecular formula is C11H21NO2. The van der Waals surface area contributed by atoms with Gasteiger partial charge in [0.1, 0.15) is 0 Å². The number of rotatable bonds is 6. The third-order valence-electron chi connectivity index (χ3n) is 2.16. The highest BCUT2D eigenvalue weighted by Gasteiger charge is 2.17. The summed E-state index contributed by atoms with van der Waals surface area (Å²) < 4.78 is 5.29. The minimum absolute atomic E-state index is 0.116. The van der Waals surface area contributed by atoms with E-state index in [-0.39, 0.29) is 12.2 Å². The fourth-order valence-electron chi connectivity index (χ4n) is 1.27. The molecule has 3 nitrogen and oxygen atoms in total. The lowest BCUT2D eigenvalue weighted by Crippen LogP contribution is -2.38. The molecule has 0 saturated carbocycles. The first-order chi connectivity index (χ1) is 6.56. The molecule has 0 aromatic heterocycles. The van der Waals surface area contributed by atoms with Crippen molar-refractivity contribution in [2.24, 2.45) is 0 Å². The maximum atomic E-state index is 11.3. The summed E-state index contributed by atoms with van der Waals surface area (Å²) in [5.41, 5.74) is 0.454. The van der Waals surface area contributed by atoms with Gasteiger partial charge in [-0.05, 0) is 26.4 Å². The number of esters is 1. The van der Waals surface area contributed by atoms with Crippen molar-refractivity contribution in [3.63, 3.8) is 0 Å². The molecule has 0 rings (SSSR count). The molecule has 0 amide bonds. The molecule has 0 saturated heterocycles. The van der Waals surface area contributed by atoms with E-state index in [0.717, 1.165) is 19.5 Å². The van der Waals surface area contributed by atoms with Gasteiger partial charge in [-0.3, -0.25) is 4.90 Å². The van der Waals surface area contributed by atoms with Crippen LogP contribution in [0.4, 0.5) is 0 Å². The van der Waals surface area contributed by atoms with Crippen molar-refractivity contribution in [1.82, 2.24) is 4.90 Å². The van der Waals surface area contributed by atoms with E-state index in [0.29, 0.717) is 5.57 Å². The smallest absolute Gasteiger partial charge is 0.334 e. The topological polar surface area (TPSA) is 29.5 Å². The van der Waals surface area contributed by atoms with Gasteiger partial charge in [-0.1, -0.05) is 27.4 Å². The van der Waals surface area contributed by atoms with Crippen LogP contribution in [0.5, 0.6) is 0 Å². The number of hydrogen-bond acceptors (Lipinski definition) is 3. The van der Waals surface area contributed by atoms with Crippen LogP contribution in [0.3, 0.4) is 0 Å². The van der Waals surface area contributed by atoms with Crippen LogP contribution in [0.2, 0.25) is 0 Å². The van der Waals surface area contributed by atoms with E-state index >= 15 is 0 Å². The predicted octanol–water partition coefficient (Wildman–Crippen LogP) is 2.18. The van der Waals surface area contributed by atoms with E-state index in [1.807, 2.05) is 6.92 Å². The molecule has 0 aromatic carbocycles. The van der Waals surface area contributed by atoms with Crippen LogP contribution in [-0.2, 0) is 9.53 Å². The Bertz CT molecular complexity index is 197. The van der Waals surface area contributed by atoms with Gasteiger partial charge in [0.2, 0.25) is 0 Å². The highest BCUT2D eigenvalue weighted by molar-refractivity contribution is 5.87. The summed E-state index contributed by atoms with van der Waals surface area (Å²) in [5, 5.41) is 0. The summed E-state index contributed by atoms with van der Waals surface area (Å²) in [5.74, 6) is -0.302. The van der Waals surface area contributed by atoms with Crippen molar-refractivity contribution in [1.29, 1.82) is 0 Å².